The highest BCUT2D eigenvalue weighted by molar-refractivity contribution is 5.73. The monoisotopic (exact) mass is 314 g/mol. The zero-order valence-electron chi connectivity index (χ0n) is 14.5. The molecule has 1 aromatic carbocycles. The van der Waals surface area contributed by atoms with Gasteiger partial charge in [-0.3, -0.25) is 5.10 Å². The number of benzene rings is 1. The van der Waals surface area contributed by atoms with Crippen molar-refractivity contribution in [1.82, 2.24) is 10.2 Å². The molecule has 2 aromatic rings. The third-order valence-corrected chi connectivity index (χ3v) is 4.42. The number of hydrogen-bond acceptors (Lipinski definition) is 4. The van der Waals surface area contributed by atoms with Crippen LogP contribution in [0.2, 0.25) is 0 Å². The molecule has 0 fully saturated rings. The van der Waals surface area contributed by atoms with Gasteiger partial charge in [-0.05, 0) is 44.7 Å². The van der Waals surface area contributed by atoms with Gasteiger partial charge in [-0.1, -0.05) is 17.7 Å². The molecule has 1 aromatic heterocycles. The molecule has 124 valence electrons. The van der Waals surface area contributed by atoms with E-state index in [2.05, 4.69) is 53.3 Å². The first-order chi connectivity index (χ1) is 11.1. The number of aromatic amines is 1. The summed E-state index contributed by atoms with van der Waals surface area (Å²) in [7, 11) is 1.72. The number of aryl methyl sites for hydroxylation is 3. The van der Waals surface area contributed by atoms with Crippen LogP contribution < -0.4 is 10.2 Å². The van der Waals surface area contributed by atoms with Crippen LogP contribution in [0.5, 0.6) is 0 Å². The predicted molar refractivity (Wildman–Crippen MR) is 94.9 cm³/mol. The SMILES string of the molecule is COCCNc1[nH]nc2c1CCCN2c1c(C)cc(C)cc1C. The molecule has 0 bridgehead atoms. The Labute approximate surface area is 138 Å². The number of methoxy groups -OCH3 is 1. The summed E-state index contributed by atoms with van der Waals surface area (Å²) < 4.78 is 5.11. The minimum Gasteiger partial charge on any atom is -0.383 e. The summed E-state index contributed by atoms with van der Waals surface area (Å²) >= 11 is 0. The largest absolute Gasteiger partial charge is 0.383 e. The van der Waals surface area contributed by atoms with E-state index in [1.54, 1.807) is 7.11 Å². The molecule has 0 amide bonds. The van der Waals surface area contributed by atoms with Gasteiger partial charge in [-0.2, -0.15) is 5.10 Å². The van der Waals surface area contributed by atoms with Crippen molar-refractivity contribution < 1.29 is 4.74 Å². The van der Waals surface area contributed by atoms with Gasteiger partial charge in [0.2, 0.25) is 0 Å². The van der Waals surface area contributed by atoms with Gasteiger partial charge in [0.25, 0.3) is 0 Å². The van der Waals surface area contributed by atoms with Crippen molar-refractivity contribution in [3.05, 3.63) is 34.4 Å². The van der Waals surface area contributed by atoms with Crippen LogP contribution in [-0.2, 0) is 11.2 Å². The van der Waals surface area contributed by atoms with Crippen molar-refractivity contribution in [1.29, 1.82) is 0 Å². The standard InChI is InChI=1S/C18H26N4O/c1-12-10-13(2)16(14(3)11-12)22-8-5-6-15-17(19-7-9-23-4)20-21-18(15)22/h10-11H,5-9H2,1-4H3,(H2,19,20,21). The van der Waals surface area contributed by atoms with E-state index < -0.39 is 0 Å². The minimum atomic E-state index is 0.688. The zero-order valence-corrected chi connectivity index (χ0v) is 14.5. The quantitative estimate of drug-likeness (QED) is 0.830. The van der Waals surface area contributed by atoms with Crippen molar-refractivity contribution >= 4 is 17.3 Å². The molecule has 1 aliphatic heterocycles. The van der Waals surface area contributed by atoms with Crippen molar-refractivity contribution in [3.63, 3.8) is 0 Å². The van der Waals surface area contributed by atoms with Crippen LogP contribution in [0, 0.1) is 20.8 Å². The lowest BCUT2D eigenvalue weighted by atomic mass is 10.0. The van der Waals surface area contributed by atoms with Crippen LogP contribution in [0.4, 0.5) is 17.3 Å². The third-order valence-electron chi connectivity index (χ3n) is 4.42. The number of rotatable bonds is 5. The van der Waals surface area contributed by atoms with Crippen LogP contribution in [0.25, 0.3) is 0 Å². The fourth-order valence-corrected chi connectivity index (χ4v) is 3.58. The highest BCUT2D eigenvalue weighted by Gasteiger charge is 2.26. The van der Waals surface area contributed by atoms with E-state index >= 15 is 0 Å². The van der Waals surface area contributed by atoms with Gasteiger partial charge in [0, 0.05) is 31.5 Å². The molecule has 5 heteroatoms. The molecule has 0 radical (unpaired) electrons. The summed E-state index contributed by atoms with van der Waals surface area (Å²) in [4.78, 5) is 2.36. The van der Waals surface area contributed by atoms with Gasteiger partial charge in [0.1, 0.15) is 5.82 Å². The zero-order chi connectivity index (χ0) is 16.4. The van der Waals surface area contributed by atoms with Gasteiger partial charge in [0.05, 0.1) is 6.61 Å². The summed E-state index contributed by atoms with van der Waals surface area (Å²) in [6.45, 7) is 9.02. The smallest absolute Gasteiger partial charge is 0.160 e. The highest BCUT2D eigenvalue weighted by Crippen LogP contribution is 2.38. The van der Waals surface area contributed by atoms with Crippen LogP contribution in [-0.4, -0.2) is 37.0 Å². The molecular weight excluding hydrogens is 288 g/mol. The average molecular weight is 314 g/mol. The first-order valence-electron chi connectivity index (χ1n) is 8.27. The number of H-pyrrole nitrogens is 1. The summed E-state index contributed by atoms with van der Waals surface area (Å²) in [5.74, 6) is 2.09. The second kappa shape index (κ2) is 6.62. The topological polar surface area (TPSA) is 53.2 Å². The number of nitrogens with one attached hydrogen (secondary N) is 2. The molecule has 0 atom stereocenters. The minimum absolute atomic E-state index is 0.688. The molecule has 0 aliphatic carbocycles. The summed E-state index contributed by atoms with van der Waals surface area (Å²) in [6.07, 6.45) is 2.19. The average Bonchev–Trinajstić information content (AvgIpc) is 2.91. The van der Waals surface area contributed by atoms with Gasteiger partial charge < -0.3 is 15.0 Å². The lowest BCUT2D eigenvalue weighted by molar-refractivity contribution is 0.210. The van der Waals surface area contributed by atoms with Crippen molar-refractivity contribution in [3.8, 4) is 0 Å². The highest BCUT2D eigenvalue weighted by atomic mass is 16.5. The molecule has 2 heterocycles. The van der Waals surface area contributed by atoms with Crippen LogP contribution in [0.1, 0.15) is 28.7 Å². The number of anilines is 3. The van der Waals surface area contributed by atoms with E-state index in [9.17, 15) is 0 Å². The van der Waals surface area contributed by atoms with Gasteiger partial charge in [0.15, 0.2) is 5.82 Å². The molecule has 5 nitrogen and oxygen atoms in total. The first kappa shape index (κ1) is 15.9. The number of ether oxygens (including phenoxy) is 1. The van der Waals surface area contributed by atoms with E-state index in [1.807, 2.05) is 0 Å². The maximum absolute atomic E-state index is 5.11. The lowest BCUT2D eigenvalue weighted by Gasteiger charge is -2.30. The van der Waals surface area contributed by atoms with Gasteiger partial charge in [-0.15, -0.1) is 0 Å². The predicted octanol–water partition coefficient (Wildman–Crippen LogP) is 3.48. The molecule has 0 saturated carbocycles. The fraction of sp³-hybridized carbons (Fsp3) is 0.500. The van der Waals surface area contributed by atoms with Crippen LogP contribution in [0.15, 0.2) is 12.1 Å². The molecule has 1 aliphatic rings. The Morgan fingerprint density at radius 1 is 1.26 bits per heavy atom. The van der Waals surface area contributed by atoms with E-state index in [0.717, 1.165) is 37.6 Å². The Bertz CT molecular complexity index is 669. The summed E-state index contributed by atoms with van der Waals surface area (Å²) in [6, 6.07) is 4.50. The van der Waals surface area contributed by atoms with Crippen LogP contribution >= 0.6 is 0 Å². The van der Waals surface area contributed by atoms with E-state index in [0.29, 0.717) is 6.61 Å². The van der Waals surface area contributed by atoms with E-state index in [1.165, 1.54) is 27.9 Å². The first-order valence-corrected chi connectivity index (χ1v) is 8.27. The second-order valence-electron chi connectivity index (χ2n) is 6.32. The molecule has 3 rings (SSSR count). The summed E-state index contributed by atoms with van der Waals surface area (Å²) in [5.41, 5.74) is 6.52. The Hall–Kier alpha value is -2.01. The normalized spacial score (nSPS) is 14.0. The van der Waals surface area contributed by atoms with Crippen molar-refractivity contribution in [2.24, 2.45) is 0 Å². The maximum Gasteiger partial charge on any atom is 0.160 e. The Morgan fingerprint density at radius 2 is 2.00 bits per heavy atom. The molecule has 0 unspecified atom stereocenters. The van der Waals surface area contributed by atoms with E-state index in [-0.39, 0.29) is 0 Å². The van der Waals surface area contributed by atoms with Gasteiger partial charge in [-0.25, -0.2) is 0 Å². The number of hydrogen-bond donors (Lipinski definition) is 2. The molecule has 23 heavy (non-hydrogen) atoms. The number of fused-ring (bicyclic) bond motifs is 1. The Morgan fingerprint density at radius 3 is 2.70 bits per heavy atom. The molecule has 2 N–H and O–H groups in total. The molecule has 0 spiro atoms. The summed E-state index contributed by atoms with van der Waals surface area (Å²) in [5, 5.41) is 11.2. The van der Waals surface area contributed by atoms with Crippen molar-refractivity contribution in [2.45, 2.75) is 33.6 Å². The second-order valence-corrected chi connectivity index (χ2v) is 6.32. The lowest BCUT2D eigenvalue weighted by Crippen LogP contribution is -2.26. The maximum atomic E-state index is 5.11. The van der Waals surface area contributed by atoms with Crippen LogP contribution in [0.3, 0.4) is 0 Å². The van der Waals surface area contributed by atoms with Crippen molar-refractivity contribution in [2.75, 3.05) is 37.0 Å². The fourth-order valence-electron chi connectivity index (χ4n) is 3.58. The number of aromatic nitrogens is 2. The Kier molecular flexibility index (Phi) is 4.57. The van der Waals surface area contributed by atoms with E-state index in [4.69, 9.17) is 4.74 Å². The Balaban J connectivity index is 1.94. The van der Waals surface area contributed by atoms with Gasteiger partial charge >= 0.3 is 0 Å². The molecule has 0 saturated heterocycles. The molecular formula is C18H26N4O. The third kappa shape index (κ3) is 3.06. The number of nitrogens with zero attached hydrogens (tertiary/aromatic N) is 2.